The van der Waals surface area contributed by atoms with E-state index in [1.54, 1.807) is 0 Å². The molecule has 0 fully saturated rings. The number of nitrogens with zero attached hydrogens (tertiary/aromatic N) is 4. The first-order valence-corrected chi connectivity index (χ1v) is 14.7. The van der Waals surface area contributed by atoms with Gasteiger partial charge in [-0.25, -0.2) is 4.57 Å². The van der Waals surface area contributed by atoms with Crippen LogP contribution in [0.3, 0.4) is 0 Å². The second-order valence-electron chi connectivity index (χ2n) is 8.61. The van der Waals surface area contributed by atoms with E-state index in [4.69, 9.17) is 10.5 Å². The quantitative estimate of drug-likeness (QED) is 0.106. The smallest absolute Gasteiger partial charge is 0.446 e. The summed E-state index contributed by atoms with van der Waals surface area (Å²) in [4.78, 5) is 34.0. The number of aromatic nitrogens is 4. The number of nitrogens with one attached hydrogen (secondary N) is 3. The molecule has 0 radical (unpaired) electrons. The number of primary amides is 1. The Hall–Kier alpha value is -5.24. The van der Waals surface area contributed by atoms with Gasteiger partial charge in [-0.15, -0.1) is 4.98 Å². The summed E-state index contributed by atoms with van der Waals surface area (Å²) in [5.41, 5.74) is 5.19. The zero-order chi connectivity index (χ0) is 31.5. The minimum absolute atomic E-state index is 0.0110. The van der Waals surface area contributed by atoms with Crippen LogP contribution in [-0.4, -0.2) is 59.8 Å². The Balaban J connectivity index is 1.73. The predicted molar refractivity (Wildman–Crippen MR) is 150 cm³/mol. The highest BCUT2D eigenvalue weighted by Crippen LogP contribution is 2.32. The second kappa shape index (κ2) is 11.9. The topological polar surface area (TPSA) is 257 Å². The van der Waals surface area contributed by atoms with Crippen molar-refractivity contribution >= 4 is 60.7 Å². The fourth-order valence-electron chi connectivity index (χ4n) is 3.67. The average Bonchev–Trinajstić information content (AvgIpc) is 2.93. The van der Waals surface area contributed by atoms with Crippen molar-refractivity contribution in [1.29, 1.82) is 0 Å². The van der Waals surface area contributed by atoms with Gasteiger partial charge in [0.2, 0.25) is 5.91 Å². The highest BCUT2D eigenvalue weighted by molar-refractivity contribution is 7.86. The lowest BCUT2D eigenvalue weighted by Gasteiger charge is -2.14. The Morgan fingerprint density at radius 3 is 2.07 bits per heavy atom. The van der Waals surface area contributed by atoms with E-state index in [0.29, 0.717) is 0 Å². The molecule has 2 aromatic carbocycles. The normalized spacial score (nSPS) is 11.4. The fraction of sp³-hybridized carbons (Fsp3) is 0.0833. The zero-order valence-electron chi connectivity index (χ0n) is 22.2. The second-order valence-corrected chi connectivity index (χ2v) is 11.4. The van der Waals surface area contributed by atoms with Crippen molar-refractivity contribution < 1.29 is 44.8 Å². The molecule has 4 aromatic rings. The van der Waals surface area contributed by atoms with E-state index >= 15 is 0 Å². The molecule has 0 aliphatic heterocycles. The lowest BCUT2D eigenvalue weighted by atomic mass is 10.2. The molecule has 2 amide bonds. The summed E-state index contributed by atoms with van der Waals surface area (Å²) in [6.07, 6.45) is 2.87. The Morgan fingerprint density at radius 1 is 0.884 bits per heavy atom. The van der Waals surface area contributed by atoms with Gasteiger partial charge in [0.25, 0.3) is 26.1 Å². The van der Waals surface area contributed by atoms with Gasteiger partial charge in [-0.1, -0.05) is 0 Å². The highest BCUT2D eigenvalue weighted by atomic mass is 32.2. The number of hydrogen-bond acceptors (Lipinski definition) is 12. The molecule has 2 aromatic heterocycles. The summed E-state index contributed by atoms with van der Waals surface area (Å²) in [6.45, 7) is 1.21. The van der Waals surface area contributed by atoms with E-state index in [-0.39, 0.29) is 46.2 Å². The predicted octanol–water partition coefficient (Wildman–Crippen LogP) is 1.19. The number of pyridine rings is 1. The van der Waals surface area contributed by atoms with Gasteiger partial charge in [-0.2, -0.15) is 16.8 Å². The van der Waals surface area contributed by atoms with Crippen LogP contribution in [-0.2, 0) is 25.0 Å². The van der Waals surface area contributed by atoms with E-state index < -0.39 is 41.8 Å². The van der Waals surface area contributed by atoms with E-state index in [0.717, 1.165) is 12.1 Å². The van der Waals surface area contributed by atoms with Crippen molar-refractivity contribution in [3.05, 3.63) is 66.5 Å². The maximum Gasteiger partial charge on any atom is 0.446 e. The van der Waals surface area contributed by atoms with Gasteiger partial charge in [0.15, 0.2) is 0 Å². The number of rotatable bonds is 10. The van der Waals surface area contributed by atoms with Crippen molar-refractivity contribution in [2.24, 2.45) is 5.73 Å². The lowest BCUT2D eigenvalue weighted by Crippen LogP contribution is -2.34. The Morgan fingerprint density at radius 2 is 1.49 bits per heavy atom. The largest absolute Gasteiger partial charge is 0.454 e. The van der Waals surface area contributed by atoms with Gasteiger partial charge < -0.3 is 26.4 Å². The molecule has 0 atom stereocenters. The molecule has 7 N–H and O–H groups in total. The first-order valence-electron chi connectivity index (χ1n) is 11.8. The van der Waals surface area contributed by atoms with Crippen LogP contribution in [0.1, 0.15) is 17.3 Å². The van der Waals surface area contributed by atoms with E-state index in [2.05, 4.69) is 30.9 Å². The third-order valence-electron chi connectivity index (χ3n) is 5.47. The van der Waals surface area contributed by atoms with Crippen LogP contribution in [0.15, 0.2) is 70.7 Å². The van der Waals surface area contributed by atoms with Crippen LogP contribution in [0.5, 0.6) is 6.01 Å². The Bertz CT molecular complexity index is 1970. The van der Waals surface area contributed by atoms with E-state index in [1.807, 2.05) is 0 Å². The van der Waals surface area contributed by atoms with Crippen LogP contribution >= 0.6 is 0 Å². The molecule has 2 heterocycles. The number of amides is 2. The molecule has 0 saturated carbocycles. The van der Waals surface area contributed by atoms with Gasteiger partial charge in [-0.05, 0) is 58.5 Å². The molecule has 19 heteroatoms. The van der Waals surface area contributed by atoms with Gasteiger partial charge in [-0.3, -0.25) is 18.7 Å². The van der Waals surface area contributed by atoms with Crippen LogP contribution in [0.2, 0.25) is 0 Å². The molecule has 0 unspecified atom stereocenters. The van der Waals surface area contributed by atoms with Crippen molar-refractivity contribution in [1.82, 2.24) is 15.0 Å². The van der Waals surface area contributed by atoms with Crippen molar-refractivity contribution in [2.75, 3.05) is 23.1 Å². The van der Waals surface area contributed by atoms with E-state index in [9.17, 15) is 35.5 Å². The standard InChI is InChI=1S/C24H22N8O9S2/c1-13(33)26-15-5-7-17(19(10-15)42(35,36)37)27-16-6-8-18(20(11-16)43(38,39)40)28-22-29-23(31-24(30-22)41-2)32-9-3-4-14(12-32)21(25)34/h3-12,27H,1-2H3,(H5-,25,26,28,29,30,31,33,34,35,36,37,38,39,40)/p+1. The zero-order valence-corrected chi connectivity index (χ0v) is 23.8. The summed E-state index contributed by atoms with van der Waals surface area (Å²) < 4.78 is 74.8. The first-order chi connectivity index (χ1) is 20.1. The molecule has 0 spiro atoms. The summed E-state index contributed by atoms with van der Waals surface area (Å²) in [6, 6.07) is 9.93. The van der Waals surface area contributed by atoms with Crippen LogP contribution in [0.25, 0.3) is 5.95 Å². The number of hydrogen-bond donors (Lipinski definition) is 6. The van der Waals surface area contributed by atoms with Gasteiger partial charge >= 0.3 is 17.9 Å². The number of carbonyl (C=O) groups is 2. The molecule has 17 nitrogen and oxygen atoms in total. The monoisotopic (exact) mass is 631 g/mol. The Kier molecular flexibility index (Phi) is 8.52. The van der Waals surface area contributed by atoms with Crippen LogP contribution in [0.4, 0.5) is 28.7 Å². The molecule has 0 aliphatic carbocycles. The number of benzene rings is 2. The summed E-state index contributed by atoms with van der Waals surface area (Å²) in [5.74, 6) is -1.44. The molecule has 0 bridgehead atoms. The molecular formula is C24H23N8O9S2+. The van der Waals surface area contributed by atoms with Crippen molar-refractivity contribution in [2.45, 2.75) is 16.7 Å². The minimum Gasteiger partial charge on any atom is -0.454 e. The van der Waals surface area contributed by atoms with Gasteiger partial charge in [0.1, 0.15) is 9.79 Å². The first kappa shape index (κ1) is 30.7. The van der Waals surface area contributed by atoms with Crippen LogP contribution in [0, 0.1) is 0 Å². The number of nitrogens with two attached hydrogens (primary N) is 1. The number of ether oxygens (including phenoxy) is 1. The van der Waals surface area contributed by atoms with Gasteiger partial charge in [0, 0.05) is 18.3 Å². The van der Waals surface area contributed by atoms with Crippen molar-refractivity contribution in [3.8, 4) is 12.0 Å². The maximum absolute atomic E-state index is 12.3. The third kappa shape index (κ3) is 7.54. The average molecular weight is 632 g/mol. The third-order valence-corrected chi connectivity index (χ3v) is 7.25. The highest BCUT2D eigenvalue weighted by Gasteiger charge is 2.24. The summed E-state index contributed by atoms with van der Waals surface area (Å²) in [7, 11) is -8.41. The number of methoxy groups -OCH3 is 1. The lowest BCUT2D eigenvalue weighted by molar-refractivity contribution is -0.603. The molecule has 0 aliphatic rings. The van der Waals surface area contributed by atoms with Crippen molar-refractivity contribution in [3.63, 3.8) is 0 Å². The molecule has 4 rings (SSSR count). The number of carbonyl (C=O) groups excluding carboxylic acids is 2. The molecular weight excluding hydrogens is 608 g/mol. The molecule has 224 valence electrons. The van der Waals surface area contributed by atoms with Crippen LogP contribution < -0.4 is 31.0 Å². The number of anilines is 5. The molecule has 43 heavy (non-hydrogen) atoms. The van der Waals surface area contributed by atoms with E-state index in [1.165, 1.54) is 67.4 Å². The van der Waals surface area contributed by atoms with Gasteiger partial charge in [0.05, 0.1) is 36.4 Å². The Labute approximate surface area is 244 Å². The maximum atomic E-state index is 12.3. The minimum atomic E-state index is -4.90. The molecule has 0 saturated heterocycles. The summed E-state index contributed by atoms with van der Waals surface area (Å²) in [5, 5.41) is 7.72. The summed E-state index contributed by atoms with van der Waals surface area (Å²) >= 11 is 0. The fourth-order valence-corrected chi connectivity index (χ4v) is 5.01. The SMILES string of the molecule is COc1nc(Nc2ccc(Nc3ccc(NC(C)=O)cc3S(=O)(=O)O)cc2S(=O)(=O)O)nc(-[n+]2cccc(C(N)=O)c2)n1.